The molecule has 0 saturated carbocycles. The molecule has 0 amide bonds. The van der Waals surface area contributed by atoms with Gasteiger partial charge in [-0.05, 0) is 24.1 Å². The Hall–Kier alpha value is -2.20. The van der Waals surface area contributed by atoms with Crippen molar-refractivity contribution in [2.24, 2.45) is 0 Å². The summed E-state index contributed by atoms with van der Waals surface area (Å²) in [6.45, 7) is 0. The summed E-state index contributed by atoms with van der Waals surface area (Å²) in [5.41, 5.74) is 1.12. The summed E-state index contributed by atoms with van der Waals surface area (Å²) >= 11 is 5.04. The van der Waals surface area contributed by atoms with Crippen molar-refractivity contribution < 1.29 is 9.63 Å². The van der Waals surface area contributed by atoms with Gasteiger partial charge in [-0.2, -0.15) is 4.73 Å². The Kier molecular flexibility index (Phi) is 5.26. The number of benzene rings is 1. The predicted octanol–water partition coefficient (Wildman–Crippen LogP) is 3.67. The highest BCUT2D eigenvalue weighted by atomic mass is 32.1. The highest BCUT2D eigenvalue weighted by Crippen LogP contribution is 2.03. The van der Waals surface area contributed by atoms with E-state index >= 15 is 0 Å². The van der Waals surface area contributed by atoms with Crippen LogP contribution in [0.15, 0.2) is 60.8 Å². The zero-order valence-corrected chi connectivity index (χ0v) is 11.8. The molecule has 0 N–H and O–H groups in total. The maximum absolute atomic E-state index is 11.7. The summed E-state index contributed by atoms with van der Waals surface area (Å²) in [5, 5.41) is 0. The summed E-state index contributed by atoms with van der Waals surface area (Å²) in [6, 6.07) is 15.2. The van der Waals surface area contributed by atoms with Crippen LogP contribution in [0.2, 0.25) is 0 Å². The van der Waals surface area contributed by atoms with Crippen LogP contribution >= 0.6 is 12.2 Å². The van der Waals surface area contributed by atoms with Gasteiger partial charge in [-0.15, -0.1) is 0 Å². The van der Waals surface area contributed by atoms with E-state index in [1.54, 1.807) is 24.4 Å². The summed E-state index contributed by atoms with van der Waals surface area (Å²) in [4.78, 5) is 16.8. The number of allylic oxidation sites excluding steroid dienone is 1. The van der Waals surface area contributed by atoms with Crippen molar-refractivity contribution in [2.75, 3.05) is 0 Å². The molecule has 0 radical (unpaired) electrons. The van der Waals surface area contributed by atoms with E-state index in [0.717, 1.165) is 5.56 Å². The Bertz CT molecular complexity index is 647. The molecule has 2 aromatic rings. The lowest BCUT2D eigenvalue weighted by Gasteiger charge is -2.05. The summed E-state index contributed by atoms with van der Waals surface area (Å²) < 4.78 is 1.78. The van der Waals surface area contributed by atoms with E-state index in [2.05, 4.69) is 0 Å². The molecule has 0 aliphatic rings. The minimum Gasteiger partial charge on any atom is -0.336 e. The second-order valence-electron chi connectivity index (χ2n) is 4.18. The minimum atomic E-state index is -0.301. The summed E-state index contributed by atoms with van der Waals surface area (Å²) in [5.74, 6) is -0.301. The van der Waals surface area contributed by atoms with Crippen molar-refractivity contribution in [2.45, 2.75) is 12.8 Å². The first-order valence-corrected chi connectivity index (χ1v) is 6.77. The molecule has 0 aliphatic heterocycles. The first kappa shape index (κ1) is 14.2. The summed E-state index contributed by atoms with van der Waals surface area (Å²) in [7, 11) is 0. The van der Waals surface area contributed by atoms with Gasteiger partial charge in [-0.1, -0.05) is 60.8 Å². The van der Waals surface area contributed by atoms with Crippen molar-refractivity contribution in [1.82, 2.24) is 4.73 Å². The maximum atomic E-state index is 11.7. The zero-order valence-electron chi connectivity index (χ0n) is 10.9. The topological polar surface area (TPSA) is 31.2 Å². The Morgan fingerprint density at radius 3 is 2.65 bits per heavy atom. The first-order chi connectivity index (χ1) is 9.75. The van der Waals surface area contributed by atoms with Crippen molar-refractivity contribution in [3.8, 4) is 0 Å². The molecule has 1 aromatic heterocycles. The maximum Gasteiger partial charge on any atom is 0.333 e. The fourth-order valence-corrected chi connectivity index (χ4v) is 1.80. The van der Waals surface area contributed by atoms with E-state index in [4.69, 9.17) is 17.1 Å². The quantitative estimate of drug-likeness (QED) is 0.785. The van der Waals surface area contributed by atoms with Crippen LogP contribution in [0.1, 0.15) is 18.4 Å². The third-order valence-electron chi connectivity index (χ3n) is 2.61. The van der Waals surface area contributed by atoms with Crippen LogP contribution in [0, 0.1) is 4.64 Å². The molecule has 3 nitrogen and oxygen atoms in total. The van der Waals surface area contributed by atoms with Gasteiger partial charge in [0.25, 0.3) is 0 Å². The largest absolute Gasteiger partial charge is 0.336 e. The lowest BCUT2D eigenvalue weighted by atomic mass is 10.2. The van der Waals surface area contributed by atoms with Crippen molar-refractivity contribution in [1.29, 1.82) is 0 Å². The number of carbonyl (C=O) groups is 1. The molecule has 0 spiro atoms. The van der Waals surface area contributed by atoms with E-state index < -0.39 is 0 Å². The number of pyridine rings is 1. The van der Waals surface area contributed by atoms with Gasteiger partial charge in [0, 0.05) is 6.20 Å². The van der Waals surface area contributed by atoms with E-state index in [-0.39, 0.29) is 5.97 Å². The van der Waals surface area contributed by atoms with Gasteiger partial charge < -0.3 is 4.84 Å². The van der Waals surface area contributed by atoms with Crippen molar-refractivity contribution in [3.05, 3.63) is 71.0 Å². The number of hydrogen-bond acceptors (Lipinski definition) is 3. The van der Waals surface area contributed by atoms with Crippen LogP contribution in [0.3, 0.4) is 0 Å². The molecule has 0 atom stereocenters. The van der Waals surface area contributed by atoms with Crippen molar-refractivity contribution in [3.63, 3.8) is 0 Å². The minimum absolute atomic E-state index is 0.301. The lowest BCUT2D eigenvalue weighted by molar-refractivity contribution is -0.144. The number of aromatic nitrogens is 1. The van der Waals surface area contributed by atoms with Crippen LogP contribution in [-0.2, 0) is 4.79 Å². The molecular weight excluding hydrogens is 270 g/mol. The first-order valence-electron chi connectivity index (χ1n) is 6.36. The standard InChI is InChI=1S/C16H15NO2S/c18-16(19-17-13-7-6-11-15(17)20)12-5-4-10-14-8-2-1-3-9-14/h1-4,6-11,13H,5,12H2/b10-4+. The monoisotopic (exact) mass is 285 g/mol. The Balaban J connectivity index is 1.80. The molecule has 0 aliphatic carbocycles. The molecule has 0 fully saturated rings. The molecular formula is C16H15NO2S. The second kappa shape index (κ2) is 7.40. The van der Waals surface area contributed by atoms with Gasteiger partial charge in [0.2, 0.25) is 0 Å². The van der Waals surface area contributed by atoms with Crippen LogP contribution in [0.5, 0.6) is 0 Å². The average Bonchev–Trinajstić information content (AvgIpc) is 2.47. The van der Waals surface area contributed by atoms with Crippen LogP contribution < -0.4 is 4.84 Å². The van der Waals surface area contributed by atoms with Crippen LogP contribution in [-0.4, -0.2) is 10.7 Å². The van der Waals surface area contributed by atoms with Gasteiger partial charge in [-0.3, -0.25) is 0 Å². The molecule has 0 saturated heterocycles. The van der Waals surface area contributed by atoms with Crippen molar-refractivity contribution >= 4 is 24.3 Å². The molecule has 1 heterocycles. The van der Waals surface area contributed by atoms with Crippen LogP contribution in [0.4, 0.5) is 0 Å². The van der Waals surface area contributed by atoms with Gasteiger partial charge in [0.15, 0.2) is 0 Å². The average molecular weight is 285 g/mol. The molecule has 0 unspecified atom stereocenters. The zero-order chi connectivity index (χ0) is 14.2. The van der Waals surface area contributed by atoms with E-state index in [1.165, 1.54) is 4.73 Å². The number of rotatable bonds is 5. The molecule has 1 aromatic carbocycles. The molecule has 0 bridgehead atoms. The van der Waals surface area contributed by atoms with E-state index in [0.29, 0.717) is 17.5 Å². The Morgan fingerprint density at radius 2 is 1.90 bits per heavy atom. The molecule has 102 valence electrons. The van der Waals surface area contributed by atoms with E-state index in [9.17, 15) is 4.79 Å². The smallest absolute Gasteiger partial charge is 0.333 e. The molecule has 4 heteroatoms. The number of hydrogen-bond donors (Lipinski definition) is 0. The molecule has 2 rings (SSSR count). The predicted molar refractivity (Wildman–Crippen MR) is 81.6 cm³/mol. The van der Waals surface area contributed by atoms with Gasteiger partial charge >= 0.3 is 5.97 Å². The van der Waals surface area contributed by atoms with Gasteiger partial charge in [0.1, 0.15) is 4.64 Å². The van der Waals surface area contributed by atoms with E-state index in [1.807, 2.05) is 42.5 Å². The summed E-state index contributed by atoms with van der Waals surface area (Å²) in [6.07, 6.45) is 6.52. The third-order valence-corrected chi connectivity index (χ3v) is 2.93. The van der Waals surface area contributed by atoms with Gasteiger partial charge in [-0.25, -0.2) is 4.79 Å². The van der Waals surface area contributed by atoms with Gasteiger partial charge in [0.05, 0.1) is 6.42 Å². The second-order valence-corrected chi connectivity index (χ2v) is 4.60. The highest BCUT2D eigenvalue weighted by molar-refractivity contribution is 7.71. The Morgan fingerprint density at radius 1 is 1.15 bits per heavy atom. The highest BCUT2D eigenvalue weighted by Gasteiger charge is 2.02. The SMILES string of the molecule is O=C(CC/C=C/c1ccccc1)On1ccccc1=S. The fraction of sp³-hybridized carbons (Fsp3) is 0.125. The Labute approximate surface area is 123 Å². The molecule has 20 heavy (non-hydrogen) atoms. The van der Waals surface area contributed by atoms with Crippen LogP contribution in [0.25, 0.3) is 6.08 Å². The lowest BCUT2D eigenvalue weighted by Crippen LogP contribution is -2.19. The number of nitrogens with zero attached hydrogens (tertiary/aromatic N) is 1. The number of carbonyl (C=O) groups excluding carboxylic acids is 1. The normalized spacial score (nSPS) is 10.6. The third kappa shape index (κ3) is 4.48. The fourth-order valence-electron chi connectivity index (χ4n) is 1.63.